The summed E-state index contributed by atoms with van der Waals surface area (Å²) in [4.78, 5) is 0. The van der Waals surface area contributed by atoms with Gasteiger partial charge in [-0.15, -0.1) is 0 Å². The zero-order valence-corrected chi connectivity index (χ0v) is 25.0. The van der Waals surface area contributed by atoms with E-state index in [0.29, 0.717) is 47.1 Å². The van der Waals surface area contributed by atoms with Crippen molar-refractivity contribution in [3.05, 3.63) is 35.1 Å². The number of hydrogen-bond acceptors (Lipinski definition) is 3. The van der Waals surface area contributed by atoms with E-state index < -0.39 is 34.9 Å². The SMILES string of the molecule is C[C@H](CCCC(O)c1c(F)cc(F)cc1F)[C@H]1CC[C@H]2[C@@H]3CC[C@H]4[C@H]5OC(C)(C)O[C@H]5CC[C@]4(C)[C@H]3CC[C@]12C. The standard InChI is InChI=1S/C34H49F3O3/c1-19(7-6-8-28(38)30-26(36)17-20(35)18-27(30)37)22-11-12-23-21-9-10-25-31-29(39-32(2,3)40-31)14-16-34(25,5)24(21)13-15-33(22,23)4/h17-19,21-25,28-29,31,38H,6-16H2,1-5H3/t19-,21+,22-,23+,24+,25+,28?,29+,31-,33-,34-/m1/s1. The largest absolute Gasteiger partial charge is 0.388 e. The molecule has 5 fully saturated rings. The Bertz CT molecular complexity index is 1080. The lowest BCUT2D eigenvalue weighted by Crippen LogP contribution is -2.57. The van der Waals surface area contributed by atoms with Crippen LogP contribution in [0, 0.1) is 63.8 Å². The lowest BCUT2D eigenvalue weighted by molar-refractivity contribution is -0.170. The lowest BCUT2D eigenvalue weighted by Gasteiger charge is -2.62. The van der Waals surface area contributed by atoms with Gasteiger partial charge in [-0.2, -0.15) is 0 Å². The van der Waals surface area contributed by atoms with Gasteiger partial charge >= 0.3 is 0 Å². The summed E-state index contributed by atoms with van der Waals surface area (Å²) < 4.78 is 54.4. The normalized spacial score (nSPS) is 43.4. The third-order valence-corrected chi connectivity index (χ3v) is 12.8. The molecule has 1 heterocycles. The van der Waals surface area contributed by atoms with E-state index in [2.05, 4.69) is 34.6 Å². The van der Waals surface area contributed by atoms with Gasteiger partial charge < -0.3 is 14.6 Å². The summed E-state index contributed by atoms with van der Waals surface area (Å²) in [5, 5.41) is 10.5. The number of rotatable bonds is 6. The lowest BCUT2D eigenvalue weighted by atomic mass is 9.44. The highest BCUT2D eigenvalue weighted by molar-refractivity contribution is 5.23. The zero-order chi connectivity index (χ0) is 28.6. The Morgan fingerprint density at radius 1 is 0.825 bits per heavy atom. The number of fused-ring (bicyclic) bond motifs is 7. The van der Waals surface area contributed by atoms with Gasteiger partial charge in [0, 0.05) is 12.1 Å². The molecular weight excluding hydrogens is 513 g/mol. The Morgan fingerprint density at radius 2 is 1.48 bits per heavy atom. The molecule has 1 saturated heterocycles. The van der Waals surface area contributed by atoms with E-state index in [1.165, 1.54) is 44.9 Å². The van der Waals surface area contributed by atoms with Crippen molar-refractivity contribution < 1.29 is 27.8 Å². The molecule has 224 valence electrons. The molecule has 0 bridgehead atoms. The molecule has 11 atom stereocenters. The van der Waals surface area contributed by atoms with E-state index in [4.69, 9.17) is 9.47 Å². The predicted octanol–water partition coefficient (Wildman–Crippen LogP) is 8.73. The van der Waals surface area contributed by atoms with E-state index >= 15 is 0 Å². The summed E-state index contributed by atoms with van der Waals surface area (Å²) in [7, 11) is 0. The Hall–Kier alpha value is -1.11. The first-order valence-electron chi connectivity index (χ1n) is 16.0. The molecule has 0 amide bonds. The molecule has 1 N–H and O–H groups in total. The first kappa shape index (κ1) is 29.0. The van der Waals surface area contributed by atoms with Crippen LogP contribution in [0.15, 0.2) is 12.1 Å². The maximum Gasteiger partial charge on any atom is 0.163 e. The van der Waals surface area contributed by atoms with Crippen LogP contribution in [0.2, 0.25) is 0 Å². The minimum atomic E-state index is -1.25. The highest BCUT2D eigenvalue weighted by Crippen LogP contribution is 2.69. The molecule has 40 heavy (non-hydrogen) atoms. The molecule has 1 aromatic rings. The number of benzene rings is 1. The van der Waals surface area contributed by atoms with Gasteiger partial charge in [0.1, 0.15) is 17.5 Å². The Kier molecular flexibility index (Phi) is 7.43. The van der Waals surface area contributed by atoms with Gasteiger partial charge in [-0.25, -0.2) is 13.2 Å². The van der Waals surface area contributed by atoms with Crippen molar-refractivity contribution in [2.75, 3.05) is 0 Å². The molecule has 4 saturated carbocycles. The van der Waals surface area contributed by atoms with E-state index in [9.17, 15) is 18.3 Å². The van der Waals surface area contributed by atoms with E-state index in [0.717, 1.165) is 30.6 Å². The maximum absolute atomic E-state index is 14.1. The van der Waals surface area contributed by atoms with Gasteiger partial charge in [0.05, 0.1) is 23.9 Å². The highest BCUT2D eigenvalue weighted by atomic mass is 19.1. The van der Waals surface area contributed by atoms with E-state index in [-0.39, 0.29) is 18.6 Å². The van der Waals surface area contributed by atoms with Crippen LogP contribution < -0.4 is 0 Å². The summed E-state index contributed by atoms with van der Waals surface area (Å²) in [5.41, 5.74) is 0.264. The molecule has 5 aliphatic rings. The number of aliphatic hydroxyl groups is 1. The van der Waals surface area contributed by atoms with E-state index in [1.54, 1.807) is 0 Å². The second-order valence-electron chi connectivity index (χ2n) is 15.2. The van der Waals surface area contributed by atoms with Crippen LogP contribution in [0.1, 0.15) is 117 Å². The summed E-state index contributed by atoms with van der Waals surface area (Å²) in [5.74, 6) is 0.614. The van der Waals surface area contributed by atoms with Crippen molar-refractivity contribution in [2.45, 2.75) is 129 Å². The Labute approximate surface area is 238 Å². The predicted molar refractivity (Wildman–Crippen MR) is 149 cm³/mol. The van der Waals surface area contributed by atoms with Gasteiger partial charge in [0.2, 0.25) is 0 Å². The number of ether oxygens (including phenoxy) is 2. The molecule has 6 heteroatoms. The molecule has 1 unspecified atom stereocenters. The van der Waals surface area contributed by atoms with Crippen LogP contribution in [-0.2, 0) is 9.47 Å². The summed E-state index contributed by atoms with van der Waals surface area (Å²) in [6.07, 6.45) is 11.2. The minimum Gasteiger partial charge on any atom is -0.388 e. The van der Waals surface area contributed by atoms with Crippen LogP contribution >= 0.6 is 0 Å². The molecule has 1 aliphatic heterocycles. The van der Waals surface area contributed by atoms with Crippen molar-refractivity contribution in [1.29, 1.82) is 0 Å². The average molecular weight is 563 g/mol. The second kappa shape index (κ2) is 10.3. The van der Waals surface area contributed by atoms with Crippen molar-refractivity contribution in [3.63, 3.8) is 0 Å². The van der Waals surface area contributed by atoms with Gasteiger partial charge in [-0.1, -0.05) is 33.6 Å². The Morgan fingerprint density at radius 3 is 2.20 bits per heavy atom. The quantitative estimate of drug-likeness (QED) is 0.377. The minimum absolute atomic E-state index is 0.242. The fourth-order valence-corrected chi connectivity index (χ4v) is 11.1. The van der Waals surface area contributed by atoms with Crippen LogP contribution in [0.5, 0.6) is 0 Å². The molecule has 0 radical (unpaired) electrons. The first-order valence-corrected chi connectivity index (χ1v) is 16.0. The number of hydrogen-bond donors (Lipinski definition) is 1. The van der Waals surface area contributed by atoms with Gasteiger partial charge in [0.25, 0.3) is 0 Å². The third kappa shape index (κ3) is 4.67. The van der Waals surface area contributed by atoms with Gasteiger partial charge in [-0.3, -0.25) is 0 Å². The maximum atomic E-state index is 14.1. The van der Waals surface area contributed by atoms with Crippen LogP contribution in [-0.4, -0.2) is 23.1 Å². The van der Waals surface area contributed by atoms with Crippen molar-refractivity contribution >= 4 is 0 Å². The average Bonchev–Trinajstić information content (AvgIpc) is 3.38. The highest BCUT2D eigenvalue weighted by Gasteiger charge is 2.64. The van der Waals surface area contributed by atoms with Crippen LogP contribution in [0.4, 0.5) is 13.2 Å². The van der Waals surface area contributed by atoms with Gasteiger partial charge in [0.15, 0.2) is 5.79 Å². The topological polar surface area (TPSA) is 38.7 Å². The molecular formula is C34H49F3O3. The fourth-order valence-electron chi connectivity index (χ4n) is 11.1. The second-order valence-corrected chi connectivity index (χ2v) is 15.2. The molecule has 0 spiro atoms. The van der Waals surface area contributed by atoms with Gasteiger partial charge in [-0.05, 0) is 118 Å². The smallest absolute Gasteiger partial charge is 0.163 e. The van der Waals surface area contributed by atoms with Crippen molar-refractivity contribution in [1.82, 2.24) is 0 Å². The van der Waals surface area contributed by atoms with Crippen LogP contribution in [0.25, 0.3) is 0 Å². The monoisotopic (exact) mass is 562 g/mol. The Balaban J connectivity index is 1.09. The molecule has 6 rings (SSSR count). The molecule has 3 nitrogen and oxygen atoms in total. The van der Waals surface area contributed by atoms with E-state index in [1.807, 2.05) is 0 Å². The summed E-state index contributed by atoms with van der Waals surface area (Å²) in [6, 6.07) is 1.30. The fraction of sp³-hybridized carbons (Fsp3) is 0.824. The number of halogens is 3. The first-order chi connectivity index (χ1) is 18.8. The van der Waals surface area contributed by atoms with Crippen LogP contribution in [0.3, 0.4) is 0 Å². The molecule has 4 aliphatic carbocycles. The molecule has 1 aromatic carbocycles. The zero-order valence-electron chi connectivity index (χ0n) is 25.0. The molecule has 0 aromatic heterocycles. The van der Waals surface area contributed by atoms with Crippen molar-refractivity contribution in [2.24, 2.45) is 46.3 Å². The summed E-state index contributed by atoms with van der Waals surface area (Å²) >= 11 is 0. The third-order valence-electron chi connectivity index (χ3n) is 12.8. The number of aliphatic hydroxyl groups excluding tert-OH is 1. The van der Waals surface area contributed by atoms with Crippen molar-refractivity contribution in [3.8, 4) is 0 Å². The summed E-state index contributed by atoms with van der Waals surface area (Å²) in [6.45, 7) is 11.6.